The normalized spacial score (nSPS) is 12.6. The van der Waals surface area contributed by atoms with Gasteiger partial charge in [0.1, 0.15) is 29.8 Å². The first-order valence-corrected chi connectivity index (χ1v) is 14.4. The van der Waals surface area contributed by atoms with Gasteiger partial charge in [0, 0.05) is 48.5 Å². The topological polar surface area (TPSA) is 93.6 Å². The van der Waals surface area contributed by atoms with Crippen molar-refractivity contribution >= 4 is 32.7 Å². The SMILES string of the molecule is Cc1cncc(-c2cc(Nc3nn(C)cc3C(F)(F)F)nc3c2c(C#N)cn3COCCS(C)(C)C)c1. The first-order valence-electron chi connectivity index (χ1n) is 11.3. The van der Waals surface area contributed by atoms with Crippen molar-refractivity contribution in [3.63, 3.8) is 0 Å². The second-order valence-electron chi connectivity index (χ2n) is 9.65. The third-order valence-electron chi connectivity index (χ3n) is 5.58. The molecule has 0 aliphatic carbocycles. The van der Waals surface area contributed by atoms with Gasteiger partial charge in [0.2, 0.25) is 0 Å². The zero-order chi connectivity index (χ0) is 27.0. The van der Waals surface area contributed by atoms with Crippen molar-refractivity contribution < 1.29 is 17.9 Å². The van der Waals surface area contributed by atoms with Crippen LogP contribution < -0.4 is 5.32 Å². The molecule has 0 spiro atoms. The van der Waals surface area contributed by atoms with Crippen molar-refractivity contribution in [3.05, 3.63) is 53.6 Å². The molecule has 0 amide bonds. The molecule has 196 valence electrons. The number of rotatable bonds is 8. The highest BCUT2D eigenvalue weighted by atomic mass is 32.3. The van der Waals surface area contributed by atoms with E-state index in [-0.39, 0.29) is 18.4 Å². The van der Waals surface area contributed by atoms with Crippen LogP contribution in [0.1, 0.15) is 16.7 Å². The van der Waals surface area contributed by atoms with Gasteiger partial charge in [0.15, 0.2) is 5.82 Å². The quantitative estimate of drug-likeness (QED) is 0.304. The molecular formula is C25H28F3N7OS. The number of hydrogen-bond acceptors (Lipinski definition) is 6. The average molecular weight is 532 g/mol. The maximum absolute atomic E-state index is 13.6. The largest absolute Gasteiger partial charge is 0.421 e. The summed E-state index contributed by atoms with van der Waals surface area (Å²) in [5, 5.41) is 17.1. The Labute approximate surface area is 214 Å². The summed E-state index contributed by atoms with van der Waals surface area (Å²) in [6, 6.07) is 5.72. The summed E-state index contributed by atoms with van der Waals surface area (Å²) in [7, 11) is 0.676. The van der Waals surface area contributed by atoms with E-state index in [9.17, 15) is 18.4 Å². The number of halogens is 3. The Morgan fingerprint density at radius 3 is 2.57 bits per heavy atom. The maximum atomic E-state index is 13.6. The van der Waals surface area contributed by atoms with E-state index in [2.05, 4.69) is 45.2 Å². The van der Waals surface area contributed by atoms with Crippen molar-refractivity contribution in [3.8, 4) is 17.2 Å². The maximum Gasteiger partial charge on any atom is 0.421 e. The summed E-state index contributed by atoms with van der Waals surface area (Å²) in [5.74, 6) is 0.701. The Bertz CT molecular complexity index is 1480. The number of anilines is 2. The summed E-state index contributed by atoms with van der Waals surface area (Å²) in [5.41, 5.74) is 2.10. The molecule has 0 saturated heterocycles. The van der Waals surface area contributed by atoms with E-state index in [0.29, 0.717) is 34.3 Å². The number of aryl methyl sites for hydroxylation is 2. The zero-order valence-corrected chi connectivity index (χ0v) is 22.0. The lowest BCUT2D eigenvalue weighted by molar-refractivity contribution is -0.137. The molecule has 0 unspecified atom stereocenters. The first-order chi connectivity index (χ1) is 17.4. The molecule has 4 aromatic heterocycles. The molecule has 12 heteroatoms. The van der Waals surface area contributed by atoms with E-state index in [1.54, 1.807) is 29.2 Å². The second kappa shape index (κ2) is 10.1. The van der Waals surface area contributed by atoms with Crippen LogP contribution in [0.25, 0.3) is 22.2 Å². The molecule has 4 heterocycles. The van der Waals surface area contributed by atoms with Gasteiger partial charge in [-0.05, 0) is 49.0 Å². The third-order valence-corrected chi connectivity index (χ3v) is 6.98. The van der Waals surface area contributed by atoms with E-state index in [1.807, 2.05) is 13.0 Å². The van der Waals surface area contributed by atoms with Gasteiger partial charge < -0.3 is 14.6 Å². The van der Waals surface area contributed by atoms with Gasteiger partial charge in [-0.25, -0.2) is 15.0 Å². The smallest absolute Gasteiger partial charge is 0.360 e. The lowest BCUT2D eigenvalue weighted by atomic mass is 10.0. The van der Waals surface area contributed by atoms with Gasteiger partial charge in [-0.1, -0.05) is 0 Å². The Hall–Kier alpha value is -3.56. The Balaban J connectivity index is 1.84. The molecule has 8 nitrogen and oxygen atoms in total. The first kappa shape index (κ1) is 26.5. The van der Waals surface area contributed by atoms with Crippen LogP contribution in [-0.2, 0) is 24.7 Å². The molecule has 0 fully saturated rings. The number of pyridine rings is 2. The van der Waals surface area contributed by atoms with Crippen molar-refractivity contribution in [2.45, 2.75) is 19.8 Å². The fourth-order valence-corrected chi connectivity index (χ4v) is 4.46. The van der Waals surface area contributed by atoms with Gasteiger partial charge in [0.05, 0.1) is 12.2 Å². The molecule has 0 saturated carbocycles. The Kier molecular flexibility index (Phi) is 7.21. The third kappa shape index (κ3) is 6.06. The summed E-state index contributed by atoms with van der Waals surface area (Å²) < 4.78 is 49.5. The van der Waals surface area contributed by atoms with E-state index < -0.39 is 21.8 Å². The number of hydrogen-bond donors (Lipinski definition) is 1. The van der Waals surface area contributed by atoms with E-state index >= 15 is 0 Å². The van der Waals surface area contributed by atoms with Crippen LogP contribution in [0.3, 0.4) is 0 Å². The number of alkyl halides is 3. The van der Waals surface area contributed by atoms with Gasteiger partial charge in [-0.2, -0.15) is 23.5 Å². The van der Waals surface area contributed by atoms with Crippen LogP contribution in [0.4, 0.5) is 24.8 Å². The van der Waals surface area contributed by atoms with Crippen molar-refractivity contribution in [2.75, 3.05) is 36.4 Å². The van der Waals surface area contributed by atoms with Crippen molar-refractivity contribution in [1.82, 2.24) is 24.3 Å². The number of nitrogens with zero attached hydrogens (tertiary/aromatic N) is 6. The van der Waals surface area contributed by atoms with E-state index in [1.165, 1.54) is 7.05 Å². The molecule has 1 N–H and O–H groups in total. The van der Waals surface area contributed by atoms with Crippen LogP contribution in [0, 0.1) is 18.3 Å². The summed E-state index contributed by atoms with van der Waals surface area (Å²) in [4.78, 5) is 8.86. The predicted octanol–water partition coefficient (Wildman–Crippen LogP) is 5.44. The lowest BCUT2D eigenvalue weighted by Gasteiger charge is -2.24. The monoisotopic (exact) mass is 531 g/mol. The molecule has 37 heavy (non-hydrogen) atoms. The highest BCUT2D eigenvalue weighted by Gasteiger charge is 2.36. The molecule has 0 radical (unpaired) electrons. The minimum Gasteiger partial charge on any atom is -0.360 e. The van der Waals surface area contributed by atoms with Crippen LogP contribution in [0.2, 0.25) is 0 Å². The standard InChI is InChI=1S/C25H28F3N7OS/c1-16-8-17(12-30-11-16)19-9-21(31-23-20(25(26,27)28)14-34(2)33-23)32-24-22(19)18(10-29)13-35(24)15-36-6-7-37(3,4)5/h8-9,11-14H,6-7,15H2,1-5H3,(H,31,32,33). The van der Waals surface area contributed by atoms with Gasteiger partial charge in [-0.3, -0.25) is 9.67 Å². The molecule has 0 aromatic carbocycles. The second-order valence-corrected chi connectivity index (χ2v) is 14.2. The number of nitrogens with one attached hydrogen (secondary N) is 1. The van der Waals surface area contributed by atoms with Crippen LogP contribution in [-0.4, -0.2) is 55.4 Å². The Morgan fingerprint density at radius 2 is 1.92 bits per heavy atom. The fourth-order valence-electron chi connectivity index (χ4n) is 3.84. The number of nitriles is 1. The van der Waals surface area contributed by atoms with Gasteiger partial charge in [-0.15, -0.1) is 0 Å². The molecular weight excluding hydrogens is 503 g/mol. The highest BCUT2D eigenvalue weighted by Crippen LogP contribution is 2.38. The van der Waals surface area contributed by atoms with Crippen LogP contribution in [0.5, 0.6) is 0 Å². The summed E-state index contributed by atoms with van der Waals surface area (Å²) in [6.45, 7) is 2.57. The predicted molar refractivity (Wildman–Crippen MR) is 140 cm³/mol. The van der Waals surface area contributed by atoms with Gasteiger partial charge >= 0.3 is 6.18 Å². The van der Waals surface area contributed by atoms with Crippen LogP contribution >= 0.6 is 10.0 Å². The van der Waals surface area contributed by atoms with Gasteiger partial charge in [0.25, 0.3) is 0 Å². The average Bonchev–Trinajstić information content (AvgIpc) is 3.35. The molecule has 0 atom stereocenters. The van der Waals surface area contributed by atoms with Crippen LogP contribution in [0.15, 0.2) is 36.9 Å². The minimum absolute atomic E-state index is 0.146. The van der Waals surface area contributed by atoms with Crippen molar-refractivity contribution in [2.24, 2.45) is 7.05 Å². The number of fused-ring (bicyclic) bond motifs is 1. The zero-order valence-electron chi connectivity index (χ0n) is 21.2. The summed E-state index contributed by atoms with van der Waals surface area (Å²) >= 11 is 0. The fraction of sp³-hybridized carbons (Fsp3) is 0.360. The minimum atomic E-state index is -4.60. The molecule has 0 bridgehead atoms. The number of aromatic nitrogens is 5. The number of ether oxygens (including phenoxy) is 1. The highest BCUT2D eigenvalue weighted by molar-refractivity contribution is 8.32. The molecule has 0 aliphatic rings. The molecule has 0 aliphatic heterocycles. The summed E-state index contributed by atoms with van der Waals surface area (Å²) in [6.07, 6.45) is 7.91. The van der Waals surface area contributed by atoms with E-state index in [0.717, 1.165) is 22.2 Å². The van der Waals surface area contributed by atoms with Crippen molar-refractivity contribution in [1.29, 1.82) is 5.26 Å². The Morgan fingerprint density at radius 1 is 1.16 bits per heavy atom. The molecule has 4 rings (SSSR count). The molecule has 4 aromatic rings. The van der Waals surface area contributed by atoms with E-state index in [4.69, 9.17) is 4.74 Å². The lowest BCUT2D eigenvalue weighted by Crippen LogP contribution is -2.10.